The van der Waals surface area contributed by atoms with Gasteiger partial charge in [-0.25, -0.2) is 4.79 Å². The Morgan fingerprint density at radius 3 is 2.69 bits per heavy atom. The second-order valence-corrected chi connectivity index (χ2v) is 3.44. The van der Waals surface area contributed by atoms with Crippen LogP contribution in [-0.2, 0) is 23.9 Å². The molecular weight excluding hydrogens is 216 g/mol. The van der Waals surface area contributed by atoms with Crippen LogP contribution in [0, 0.1) is 0 Å². The Hall–Kier alpha value is -1.69. The van der Waals surface area contributed by atoms with Crippen molar-refractivity contribution < 1.29 is 29.0 Å². The SMILES string of the molecule is COC(=O)C1(O)CC(=O)C=C1COC(C)=O. The van der Waals surface area contributed by atoms with E-state index in [1.807, 2.05) is 0 Å². The summed E-state index contributed by atoms with van der Waals surface area (Å²) in [7, 11) is 1.10. The highest BCUT2D eigenvalue weighted by molar-refractivity contribution is 6.02. The molecule has 88 valence electrons. The van der Waals surface area contributed by atoms with Gasteiger partial charge in [-0.1, -0.05) is 0 Å². The first-order chi connectivity index (χ1) is 7.40. The molecular formula is C10H12O6. The van der Waals surface area contributed by atoms with E-state index in [0.29, 0.717) is 0 Å². The van der Waals surface area contributed by atoms with Gasteiger partial charge in [0.1, 0.15) is 6.61 Å². The van der Waals surface area contributed by atoms with Crippen molar-refractivity contribution in [1.82, 2.24) is 0 Å². The van der Waals surface area contributed by atoms with Crippen LogP contribution < -0.4 is 0 Å². The zero-order valence-electron chi connectivity index (χ0n) is 8.98. The van der Waals surface area contributed by atoms with Gasteiger partial charge < -0.3 is 14.6 Å². The largest absolute Gasteiger partial charge is 0.467 e. The number of allylic oxidation sites excluding steroid dienone is 1. The van der Waals surface area contributed by atoms with Crippen molar-refractivity contribution in [3.63, 3.8) is 0 Å². The fourth-order valence-corrected chi connectivity index (χ4v) is 1.44. The quantitative estimate of drug-likeness (QED) is 0.646. The molecule has 1 N–H and O–H groups in total. The Morgan fingerprint density at radius 2 is 2.19 bits per heavy atom. The van der Waals surface area contributed by atoms with Crippen LogP contribution in [0.3, 0.4) is 0 Å². The normalized spacial score (nSPS) is 23.9. The molecule has 16 heavy (non-hydrogen) atoms. The fraction of sp³-hybridized carbons (Fsp3) is 0.500. The third-order valence-electron chi connectivity index (χ3n) is 2.25. The Kier molecular flexibility index (Phi) is 3.44. The molecule has 1 aliphatic carbocycles. The van der Waals surface area contributed by atoms with Crippen molar-refractivity contribution in [3.05, 3.63) is 11.6 Å². The van der Waals surface area contributed by atoms with Gasteiger partial charge >= 0.3 is 11.9 Å². The molecule has 0 aromatic rings. The number of rotatable bonds is 3. The Morgan fingerprint density at radius 1 is 1.56 bits per heavy atom. The van der Waals surface area contributed by atoms with Crippen LogP contribution in [-0.4, -0.2) is 42.1 Å². The van der Waals surface area contributed by atoms with Gasteiger partial charge in [-0.3, -0.25) is 9.59 Å². The third kappa shape index (κ3) is 2.27. The second kappa shape index (κ2) is 4.44. The third-order valence-corrected chi connectivity index (χ3v) is 2.25. The standard InChI is InChI=1S/C10H12O6/c1-6(11)16-5-7-3-8(12)4-10(7,14)9(13)15-2/h3,14H,4-5H2,1-2H3. The molecule has 0 spiro atoms. The van der Waals surface area contributed by atoms with Gasteiger partial charge in [0.05, 0.1) is 13.5 Å². The molecule has 0 saturated carbocycles. The predicted octanol–water partition coefficient (Wildman–Crippen LogP) is -0.647. The molecule has 0 radical (unpaired) electrons. The van der Waals surface area contributed by atoms with Gasteiger partial charge in [-0.05, 0) is 6.08 Å². The minimum atomic E-state index is -2.00. The number of ketones is 1. The van der Waals surface area contributed by atoms with Crippen LogP contribution in [0.5, 0.6) is 0 Å². The van der Waals surface area contributed by atoms with Crippen molar-refractivity contribution in [3.8, 4) is 0 Å². The number of carbonyl (C=O) groups is 3. The van der Waals surface area contributed by atoms with Crippen molar-refractivity contribution >= 4 is 17.7 Å². The molecule has 0 amide bonds. The van der Waals surface area contributed by atoms with Crippen LogP contribution >= 0.6 is 0 Å². The molecule has 0 heterocycles. The van der Waals surface area contributed by atoms with E-state index in [9.17, 15) is 19.5 Å². The lowest BCUT2D eigenvalue weighted by Gasteiger charge is -2.22. The lowest BCUT2D eigenvalue weighted by molar-refractivity contribution is -0.160. The molecule has 6 nitrogen and oxygen atoms in total. The molecule has 1 rings (SSSR count). The van der Waals surface area contributed by atoms with Crippen molar-refractivity contribution in [2.24, 2.45) is 0 Å². The van der Waals surface area contributed by atoms with E-state index >= 15 is 0 Å². The fourth-order valence-electron chi connectivity index (χ4n) is 1.44. The van der Waals surface area contributed by atoms with Crippen LogP contribution in [0.15, 0.2) is 11.6 Å². The number of hydrogen-bond acceptors (Lipinski definition) is 6. The van der Waals surface area contributed by atoms with Crippen LogP contribution in [0.1, 0.15) is 13.3 Å². The molecule has 0 aliphatic heterocycles. The molecule has 1 aliphatic rings. The predicted molar refractivity (Wildman–Crippen MR) is 51.3 cm³/mol. The van der Waals surface area contributed by atoms with Crippen LogP contribution in [0.2, 0.25) is 0 Å². The number of ether oxygens (including phenoxy) is 2. The van der Waals surface area contributed by atoms with Crippen molar-refractivity contribution in [1.29, 1.82) is 0 Å². The van der Waals surface area contributed by atoms with Gasteiger partial charge in [0.2, 0.25) is 0 Å². The zero-order chi connectivity index (χ0) is 12.3. The first kappa shape index (κ1) is 12.4. The summed E-state index contributed by atoms with van der Waals surface area (Å²) in [6, 6.07) is 0. The summed E-state index contributed by atoms with van der Waals surface area (Å²) in [5.74, 6) is -1.90. The summed E-state index contributed by atoms with van der Waals surface area (Å²) >= 11 is 0. The molecule has 1 unspecified atom stereocenters. The molecule has 0 saturated heterocycles. The minimum absolute atomic E-state index is 0.0413. The van der Waals surface area contributed by atoms with Gasteiger partial charge in [0.25, 0.3) is 0 Å². The Labute approximate surface area is 91.8 Å². The number of carbonyl (C=O) groups excluding carboxylic acids is 3. The summed E-state index contributed by atoms with van der Waals surface area (Å²) in [5.41, 5.74) is -1.96. The molecule has 0 fully saturated rings. The van der Waals surface area contributed by atoms with E-state index in [4.69, 9.17) is 0 Å². The first-order valence-corrected chi connectivity index (χ1v) is 4.58. The van der Waals surface area contributed by atoms with Gasteiger partial charge in [-0.2, -0.15) is 0 Å². The molecule has 0 aromatic heterocycles. The number of hydrogen-bond donors (Lipinski definition) is 1. The molecule has 0 bridgehead atoms. The molecule has 0 aromatic carbocycles. The number of aliphatic hydroxyl groups is 1. The average molecular weight is 228 g/mol. The van der Waals surface area contributed by atoms with Crippen LogP contribution in [0.25, 0.3) is 0 Å². The Balaban J connectivity index is 2.86. The maximum atomic E-state index is 11.3. The van der Waals surface area contributed by atoms with Gasteiger partial charge in [0.15, 0.2) is 11.4 Å². The van der Waals surface area contributed by atoms with E-state index in [0.717, 1.165) is 13.2 Å². The first-order valence-electron chi connectivity index (χ1n) is 4.58. The summed E-state index contributed by atoms with van der Waals surface area (Å²) in [6.07, 6.45) is 0.718. The summed E-state index contributed by atoms with van der Waals surface area (Å²) in [6.45, 7) is 0.890. The lowest BCUT2D eigenvalue weighted by atomic mass is 9.96. The highest BCUT2D eigenvalue weighted by Crippen LogP contribution is 2.29. The topological polar surface area (TPSA) is 89.9 Å². The highest BCUT2D eigenvalue weighted by atomic mass is 16.5. The molecule has 6 heteroatoms. The van der Waals surface area contributed by atoms with Crippen molar-refractivity contribution in [2.45, 2.75) is 18.9 Å². The van der Waals surface area contributed by atoms with Crippen molar-refractivity contribution in [2.75, 3.05) is 13.7 Å². The van der Waals surface area contributed by atoms with Gasteiger partial charge in [-0.15, -0.1) is 0 Å². The summed E-state index contributed by atoms with van der Waals surface area (Å²) in [5, 5.41) is 9.95. The van der Waals surface area contributed by atoms with E-state index in [1.54, 1.807) is 0 Å². The smallest absolute Gasteiger partial charge is 0.342 e. The van der Waals surface area contributed by atoms with Gasteiger partial charge in [0, 0.05) is 12.5 Å². The van der Waals surface area contributed by atoms with E-state index in [2.05, 4.69) is 9.47 Å². The van der Waals surface area contributed by atoms with E-state index in [-0.39, 0.29) is 18.6 Å². The lowest BCUT2D eigenvalue weighted by Crippen LogP contribution is -2.41. The maximum Gasteiger partial charge on any atom is 0.342 e. The van der Waals surface area contributed by atoms with Crippen LogP contribution in [0.4, 0.5) is 0 Å². The maximum absolute atomic E-state index is 11.3. The number of methoxy groups -OCH3 is 1. The second-order valence-electron chi connectivity index (χ2n) is 3.44. The minimum Gasteiger partial charge on any atom is -0.467 e. The summed E-state index contributed by atoms with van der Waals surface area (Å²) < 4.78 is 9.04. The average Bonchev–Trinajstić information content (AvgIpc) is 2.50. The monoisotopic (exact) mass is 228 g/mol. The zero-order valence-corrected chi connectivity index (χ0v) is 8.98. The van der Waals surface area contributed by atoms with E-state index < -0.39 is 23.3 Å². The van der Waals surface area contributed by atoms with E-state index in [1.165, 1.54) is 6.92 Å². The summed E-state index contributed by atoms with van der Waals surface area (Å²) in [4.78, 5) is 33.1. The highest BCUT2D eigenvalue weighted by Gasteiger charge is 2.47. The Bertz CT molecular complexity index is 370. The molecule has 1 atom stereocenters. The number of esters is 2.